The van der Waals surface area contributed by atoms with E-state index in [1.807, 2.05) is 13.1 Å². The molecule has 0 saturated heterocycles. The van der Waals surface area contributed by atoms with Crippen molar-refractivity contribution in [3.8, 4) is 0 Å². The summed E-state index contributed by atoms with van der Waals surface area (Å²) in [5.41, 5.74) is 3.76. The summed E-state index contributed by atoms with van der Waals surface area (Å²) in [5.74, 6) is 0.531. The average Bonchev–Trinajstić information content (AvgIpc) is 2.76. The first-order chi connectivity index (χ1) is 8.27. The SMILES string of the molecule is Cc1[nH]ncc1CNC[C@H](C)c1ccccc1. The highest BCUT2D eigenvalue weighted by molar-refractivity contribution is 5.19. The van der Waals surface area contributed by atoms with Crippen LogP contribution in [0.4, 0.5) is 0 Å². The number of hydrogen-bond acceptors (Lipinski definition) is 2. The van der Waals surface area contributed by atoms with Gasteiger partial charge in [-0.15, -0.1) is 0 Å². The van der Waals surface area contributed by atoms with E-state index >= 15 is 0 Å². The van der Waals surface area contributed by atoms with Crippen LogP contribution in [0.3, 0.4) is 0 Å². The Morgan fingerprint density at radius 3 is 2.71 bits per heavy atom. The molecule has 0 spiro atoms. The van der Waals surface area contributed by atoms with Gasteiger partial charge in [0.25, 0.3) is 0 Å². The van der Waals surface area contributed by atoms with E-state index in [1.165, 1.54) is 11.1 Å². The molecule has 2 N–H and O–H groups in total. The zero-order valence-electron chi connectivity index (χ0n) is 10.4. The Hall–Kier alpha value is -1.61. The molecule has 3 heteroatoms. The van der Waals surface area contributed by atoms with E-state index in [9.17, 15) is 0 Å². The lowest BCUT2D eigenvalue weighted by Gasteiger charge is -2.12. The lowest BCUT2D eigenvalue weighted by atomic mass is 10.0. The molecule has 1 aromatic heterocycles. The van der Waals surface area contributed by atoms with Gasteiger partial charge in [0.05, 0.1) is 6.20 Å². The number of H-pyrrole nitrogens is 1. The molecular weight excluding hydrogens is 210 g/mol. The van der Waals surface area contributed by atoms with Gasteiger partial charge in [0, 0.05) is 24.3 Å². The fourth-order valence-electron chi connectivity index (χ4n) is 1.88. The molecule has 0 bridgehead atoms. The van der Waals surface area contributed by atoms with Gasteiger partial charge in [-0.05, 0) is 18.4 Å². The van der Waals surface area contributed by atoms with Gasteiger partial charge in [-0.2, -0.15) is 5.10 Å². The second-order valence-corrected chi connectivity index (χ2v) is 4.46. The van der Waals surface area contributed by atoms with Crippen molar-refractivity contribution in [3.63, 3.8) is 0 Å². The van der Waals surface area contributed by atoms with E-state index in [1.54, 1.807) is 0 Å². The molecule has 1 atom stereocenters. The highest BCUT2D eigenvalue weighted by Gasteiger charge is 2.05. The molecule has 0 radical (unpaired) electrons. The minimum absolute atomic E-state index is 0.531. The third-order valence-corrected chi connectivity index (χ3v) is 3.07. The van der Waals surface area contributed by atoms with E-state index < -0.39 is 0 Å². The number of benzene rings is 1. The maximum Gasteiger partial charge on any atom is 0.0535 e. The number of nitrogens with one attached hydrogen (secondary N) is 2. The number of hydrogen-bond donors (Lipinski definition) is 2. The highest BCUT2D eigenvalue weighted by Crippen LogP contribution is 2.13. The third-order valence-electron chi connectivity index (χ3n) is 3.07. The Kier molecular flexibility index (Phi) is 3.94. The van der Waals surface area contributed by atoms with Gasteiger partial charge in [0.2, 0.25) is 0 Å². The Morgan fingerprint density at radius 1 is 1.29 bits per heavy atom. The van der Waals surface area contributed by atoms with Crippen LogP contribution in [0.15, 0.2) is 36.5 Å². The largest absolute Gasteiger partial charge is 0.312 e. The van der Waals surface area contributed by atoms with Gasteiger partial charge < -0.3 is 5.32 Å². The number of aromatic nitrogens is 2. The molecule has 0 unspecified atom stereocenters. The van der Waals surface area contributed by atoms with Crippen molar-refractivity contribution in [2.75, 3.05) is 6.54 Å². The van der Waals surface area contributed by atoms with Crippen molar-refractivity contribution < 1.29 is 0 Å². The van der Waals surface area contributed by atoms with E-state index in [-0.39, 0.29) is 0 Å². The topological polar surface area (TPSA) is 40.7 Å². The van der Waals surface area contributed by atoms with Crippen LogP contribution in [0.2, 0.25) is 0 Å². The minimum atomic E-state index is 0.531. The number of aryl methyl sites for hydroxylation is 1. The molecule has 0 fully saturated rings. The summed E-state index contributed by atoms with van der Waals surface area (Å²) in [4.78, 5) is 0. The Morgan fingerprint density at radius 2 is 2.06 bits per heavy atom. The summed E-state index contributed by atoms with van der Waals surface area (Å²) in [6, 6.07) is 10.6. The predicted molar refractivity (Wildman–Crippen MR) is 69.9 cm³/mol. The highest BCUT2D eigenvalue weighted by atomic mass is 15.1. The first-order valence-corrected chi connectivity index (χ1v) is 6.02. The summed E-state index contributed by atoms with van der Waals surface area (Å²) in [5, 5.41) is 10.4. The van der Waals surface area contributed by atoms with Crippen LogP contribution < -0.4 is 5.32 Å². The molecule has 17 heavy (non-hydrogen) atoms. The Labute approximate surface area is 102 Å². The monoisotopic (exact) mass is 229 g/mol. The van der Waals surface area contributed by atoms with E-state index in [4.69, 9.17) is 0 Å². The first kappa shape index (κ1) is 11.9. The minimum Gasteiger partial charge on any atom is -0.312 e. The third kappa shape index (κ3) is 3.17. The number of nitrogens with zero attached hydrogens (tertiary/aromatic N) is 1. The molecule has 1 heterocycles. The van der Waals surface area contributed by atoms with Gasteiger partial charge in [0.15, 0.2) is 0 Å². The van der Waals surface area contributed by atoms with Crippen molar-refractivity contribution >= 4 is 0 Å². The van der Waals surface area contributed by atoms with Crippen LogP contribution in [0.5, 0.6) is 0 Å². The van der Waals surface area contributed by atoms with Crippen LogP contribution in [0.1, 0.15) is 29.7 Å². The molecule has 3 nitrogen and oxygen atoms in total. The molecule has 2 aromatic rings. The molecule has 0 amide bonds. The fraction of sp³-hybridized carbons (Fsp3) is 0.357. The van der Waals surface area contributed by atoms with Crippen molar-refractivity contribution in [2.45, 2.75) is 26.3 Å². The van der Waals surface area contributed by atoms with Crippen LogP contribution in [0, 0.1) is 6.92 Å². The molecule has 2 rings (SSSR count). The van der Waals surface area contributed by atoms with Crippen molar-refractivity contribution in [3.05, 3.63) is 53.3 Å². The van der Waals surface area contributed by atoms with Crippen molar-refractivity contribution in [1.29, 1.82) is 0 Å². The van der Waals surface area contributed by atoms with Gasteiger partial charge in [-0.3, -0.25) is 5.10 Å². The number of aromatic amines is 1. The maximum absolute atomic E-state index is 4.01. The van der Waals surface area contributed by atoms with Crippen LogP contribution in [-0.2, 0) is 6.54 Å². The van der Waals surface area contributed by atoms with Crippen LogP contribution in [0.25, 0.3) is 0 Å². The fourth-order valence-corrected chi connectivity index (χ4v) is 1.88. The lowest BCUT2D eigenvalue weighted by Crippen LogP contribution is -2.19. The van der Waals surface area contributed by atoms with Gasteiger partial charge >= 0.3 is 0 Å². The molecule has 0 saturated carbocycles. The molecule has 90 valence electrons. The molecule has 1 aromatic carbocycles. The maximum atomic E-state index is 4.01. The van der Waals surface area contributed by atoms with Crippen molar-refractivity contribution in [2.24, 2.45) is 0 Å². The van der Waals surface area contributed by atoms with E-state index in [2.05, 4.69) is 52.8 Å². The summed E-state index contributed by atoms with van der Waals surface area (Å²) < 4.78 is 0. The quantitative estimate of drug-likeness (QED) is 0.827. The second-order valence-electron chi connectivity index (χ2n) is 4.46. The summed E-state index contributed by atoms with van der Waals surface area (Å²) in [6.45, 7) is 6.14. The van der Waals surface area contributed by atoms with Crippen LogP contribution in [-0.4, -0.2) is 16.7 Å². The predicted octanol–water partition coefficient (Wildman–Crippen LogP) is 2.61. The van der Waals surface area contributed by atoms with Gasteiger partial charge in [0.1, 0.15) is 0 Å². The van der Waals surface area contributed by atoms with Gasteiger partial charge in [-0.25, -0.2) is 0 Å². The molecular formula is C14H19N3. The van der Waals surface area contributed by atoms with E-state index in [0.29, 0.717) is 5.92 Å². The van der Waals surface area contributed by atoms with E-state index in [0.717, 1.165) is 18.8 Å². The Bertz CT molecular complexity index is 448. The number of rotatable bonds is 5. The normalized spacial score (nSPS) is 12.6. The summed E-state index contributed by atoms with van der Waals surface area (Å²) in [6.07, 6.45) is 1.88. The molecule has 0 aliphatic rings. The molecule has 0 aliphatic heterocycles. The van der Waals surface area contributed by atoms with Gasteiger partial charge in [-0.1, -0.05) is 37.3 Å². The Balaban J connectivity index is 1.81. The average molecular weight is 229 g/mol. The zero-order chi connectivity index (χ0) is 12.1. The second kappa shape index (κ2) is 5.64. The zero-order valence-corrected chi connectivity index (χ0v) is 10.4. The first-order valence-electron chi connectivity index (χ1n) is 6.02. The molecule has 0 aliphatic carbocycles. The standard InChI is InChI=1S/C14H19N3/c1-11(13-6-4-3-5-7-13)8-15-9-14-10-16-17-12(14)2/h3-7,10-11,15H,8-9H2,1-2H3,(H,16,17)/t11-/m0/s1. The van der Waals surface area contributed by atoms with Crippen LogP contribution >= 0.6 is 0 Å². The smallest absolute Gasteiger partial charge is 0.0535 e. The van der Waals surface area contributed by atoms with Crippen molar-refractivity contribution in [1.82, 2.24) is 15.5 Å². The summed E-state index contributed by atoms with van der Waals surface area (Å²) >= 11 is 0. The lowest BCUT2D eigenvalue weighted by molar-refractivity contribution is 0.614. The summed E-state index contributed by atoms with van der Waals surface area (Å²) in [7, 11) is 0.